The summed E-state index contributed by atoms with van der Waals surface area (Å²) in [7, 11) is 0. The van der Waals surface area contributed by atoms with Crippen LogP contribution in [-0.4, -0.2) is 30.1 Å². The number of aryl methyl sites for hydroxylation is 1. The van der Waals surface area contributed by atoms with Gasteiger partial charge in [0.2, 0.25) is 0 Å². The van der Waals surface area contributed by atoms with Crippen molar-refractivity contribution < 1.29 is 19.1 Å². The minimum atomic E-state index is -0.901. The molecule has 0 spiro atoms. The summed E-state index contributed by atoms with van der Waals surface area (Å²) in [5.74, 6) is -2.24. The number of nitrogens with one attached hydrogen (secondary N) is 2. The van der Waals surface area contributed by atoms with Gasteiger partial charge in [0.05, 0.1) is 6.61 Å². The molecule has 0 bridgehead atoms. The van der Waals surface area contributed by atoms with Gasteiger partial charge in [0, 0.05) is 12.2 Å². The smallest absolute Gasteiger partial charge is 0.313 e. The molecule has 0 saturated heterocycles. The van der Waals surface area contributed by atoms with Crippen LogP contribution in [0.15, 0.2) is 18.2 Å². The van der Waals surface area contributed by atoms with Crippen LogP contribution in [0.1, 0.15) is 5.56 Å². The molecule has 0 aliphatic carbocycles. The molecule has 0 unspecified atom stereocenters. The summed E-state index contributed by atoms with van der Waals surface area (Å²) in [4.78, 5) is 22.4. The number of aliphatic hydroxyl groups is 1. The molecule has 0 heterocycles. The van der Waals surface area contributed by atoms with Crippen molar-refractivity contribution in [3.05, 3.63) is 29.6 Å². The monoisotopic (exact) mass is 240 g/mol. The van der Waals surface area contributed by atoms with Crippen LogP contribution in [0.2, 0.25) is 0 Å². The third kappa shape index (κ3) is 3.84. The maximum Gasteiger partial charge on any atom is 0.313 e. The van der Waals surface area contributed by atoms with E-state index < -0.39 is 17.6 Å². The molecule has 0 aliphatic rings. The molecule has 17 heavy (non-hydrogen) atoms. The summed E-state index contributed by atoms with van der Waals surface area (Å²) in [6.07, 6.45) is 0. The highest BCUT2D eigenvalue weighted by Crippen LogP contribution is 2.13. The zero-order valence-corrected chi connectivity index (χ0v) is 9.29. The number of carbonyl (C=O) groups excluding carboxylic acids is 2. The van der Waals surface area contributed by atoms with Gasteiger partial charge in [-0.05, 0) is 24.6 Å². The van der Waals surface area contributed by atoms with Crippen molar-refractivity contribution in [2.45, 2.75) is 6.92 Å². The number of rotatable bonds is 3. The van der Waals surface area contributed by atoms with Crippen molar-refractivity contribution in [3.8, 4) is 0 Å². The van der Waals surface area contributed by atoms with Crippen LogP contribution in [0, 0.1) is 12.7 Å². The fourth-order valence-electron chi connectivity index (χ4n) is 1.11. The molecule has 0 aromatic heterocycles. The lowest BCUT2D eigenvalue weighted by Gasteiger charge is -2.06. The average molecular weight is 240 g/mol. The fourth-order valence-corrected chi connectivity index (χ4v) is 1.11. The lowest BCUT2D eigenvalue weighted by atomic mass is 10.2. The molecule has 0 atom stereocenters. The van der Waals surface area contributed by atoms with Gasteiger partial charge in [0.1, 0.15) is 5.82 Å². The number of halogens is 1. The van der Waals surface area contributed by atoms with Gasteiger partial charge in [-0.2, -0.15) is 0 Å². The van der Waals surface area contributed by atoms with E-state index >= 15 is 0 Å². The Labute approximate surface area is 97.6 Å². The van der Waals surface area contributed by atoms with E-state index in [1.807, 2.05) is 0 Å². The SMILES string of the molecule is Cc1ccc(NC(=O)C(=O)NCCO)cc1F. The van der Waals surface area contributed by atoms with Crippen molar-refractivity contribution in [3.63, 3.8) is 0 Å². The Hall–Kier alpha value is -1.95. The average Bonchev–Trinajstić information content (AvgIpc) is 2.30. The number of amides is 2. The molecule has 0 aliphatic heterocycles. The van der Waals surface area contributed by atoms with E-state index in [4.69, 9.17) is 5.11 Å². The number of carbonyl (C=O) groups is 2. The molecule has 2 amide bonds. The van der Waals surface area contributed by atoms with Crippen molar-refractivity contribution in [1.29, 1.82) is 0 Å². The maximum atomic E-state index is 13.1. The molecular weight excluding hydrogens is 227 g/mol. The minimum Gasteiger partial charge on any atom is -0.395 e. The van der Waals surface area contributed by atoms with E-state index in [-0.39, 0.29) is 18.8 Å². The first kappa shape index (κ1) is 13.1. The van der Waals surface area contributed by atoms with Gasteiger partial charge in [-0.3, -0.25) is 9.59 Å². The zero-order chi connectivity index (χ0) is 12.8. The molecule has 3 N–H and O–H groups in total. The van der Waals surface area contributed by atoms with Gasteiger partial charge in [-0.25, -0.2) is 4.39 Å². The fraction of sp³-hybridized carbons (Fsp3) is 0.273. The molecule has 0 radical (unpaired) electrons. The zero-order valence-electron chi connectivity index (χ0n) is 9.29. The highest BCUT2D eigenvalue weighted by Gasteiger charge is 2.13. The highest BCUT2D eigenvalue weighted by molar-refractivity contribution is 6.39. The predicted octanol–water partition coefficient (Wildman–Crippen LogP) is 0.181. The van der Waals surface area contributed by atoms with Gasteiger partial charge in [0.15, 0.2) is 0 Å². The summed E-state index contributed by atoms with van der Waals surface area (Å²) >= 11 is 0. The first-order valence-electron chi connectivity index (χ1n) is 5.01. The normalized spacial score (nSPS) is 9.82. The molecule has 1 aromatic rings. The van der Waals surface area contributed by atoms with Gasteiger partial charge in [0.25, 0.3) is 0 Å². The van der Waals surface area contributed by atoms with Crippen LogP contribution < -0.4 is 10.6 Å². The predicted molar refractivity (Wildman–Crippen MR) is 59.9 cm³/mol. The quantitative estimate of drug-likeness (QED) is 0.659. The Morgan fingerprint density at radius 1 is 1.35 bits per heavy atom. The molecule has 6 heteroatoms. The summed E-state index contributed by atoms with van der Waals surface area (Å²) in [6.45, 7) is 1.33. The Bertz CT molecular complexity index is 435. The molecule has 0 fully saturated rings. The van der Waals surface area contributed by atoms with Gasteiger partial charge < -0.3 is 15.7 Å². The second-order valence-corrected chi connectivity index (χ2v) is 3.40. The molecular formula is C11H13FN2O3. The molecule has 92 valence electrons. The standard InChI is InChI=1S/C11H13FN2O3/c1-7-2-3-8(6-9(7)12)14-11(17)10(16)13-4-5-15/h2-3,6,15H,4-5H2,1H3,(H,13,16)(H,14,17). The third-order valence-corrected chi connectivity index (χ3v) is 2.03. The summed E-state index contributed by atoms with van der Waals surface area (Å²) in [6, 6.07) is 4.12. The number of anilines is 1. The summed E-state index contributed by atoms with van der Waals surface area (Å²) in [5, 5.41) is 12.9. The topological polar surface area (TPSA) is 78.4 Å². The van der Waals surface area contributed by atoms with Crippen LogP contribution in [0.25, 0.3) is 0 Å². The van der Waals surface area contributed by atoms with E-state index in [1.54, 1.807) is 6.92 Å². The first-order chi connectivity index (χ1) is 8.04. The second kappa shape index (κ2) is 5.95. The Morgan fingerprint density at radius 2 is 2.06 bits per heavy atom. The molecule has 5 nitrogen and oxygen atoms in total. The summed E-state index contributed by atoms with van der Waals surface area (Å²) in [5.41, 5.74) is 0.657. The van der Waals surface area contributed by atoms with Crippen LogP contribution in [-0.2, 0) is 9.59 Å². The first-order valence-corrected chi connectivity index (χ1v) is 5.01. The molecule has 1 aromatic carbocycles. The second-order valence-electron chi connectivity index (χ2n) is 3.40. The van der Waals surface area contributed by atoms with Crippen molar-refractivity contribution in [1.82, 2.24) is 5.32 Å². The largest absolute Gasteiger partial charge is 0.395 e. The van der Waals surface area contributed by atoms with Crippen molar-refractivity contribution in [2.24, 2.45) is 0 Å². The van der Waals surface area contributed by atoms with E-state index in [0.29, 0.717) is 5.56 Å². The van der Waals surface area contributed by atoms with Crippen LogP contribution >= 0.6 is 0 Å². The molecule has 1 rings (SSSR count). The van der Waals surface area contributed by atoms with Gasteiger partial charge in [-0.15, -0.1) is 0 Å². The van der Waals surface area contributed by atoms with Crippen LogP contribution in [0.3, 0.4) is 0 Å². The van der Waals surface area contributed by atoms with E-state index in [1.165, 1.54) is 12.1 Å². The Morgan fingerprint density at radius 3 is 2.65 bits per heavy atom. The van der Waals surface area contributed by atoms with Crippen LogP contribution in [0.4, 0.5) is 10.1 Å². The number of hydrogen-bond donors (Lipinski definition) is 3. The summed E-state index contributed by atoms with van der Waals surface area (Å²) < 4.78 is 13.1. The lowest BCUT2D eigenvalue weighted by molar-refractivity contribution is -0.136. The number of benzene rings is 1. The minimum absolute atomic E-state index is 0.00544. The van der Waals surface area contributed by atoms with E-state index in [9.17, 15) is 14.0 Å². The van der Waals surface area contributed by atoms with Crippen molar-refractivity contribution in [2.75, 3.05) is 18.5 Å². The maximum absolute atomic E-state index is 13.1. The lowest BCUT2D eigenvalue weighted by Crippen LogP contribution is -2.36. The number of aliphatic hydroxyl groups excluding tert-OH is 1. The van der Waals surface area contributed by atoms with Crippen LogP contribution in [0.5, 0.6) is 0 Å². The van der Waals surface area contributed by atoms with E-state index in [0.717, 1.165) is 6.07 Å². The van der Waals surface area contributed by atoms with Gasteiger partial charge in [-0.1, -0.05) is 6.07 Å². The van der Waals surface area contributed by atoms with E-state index in [2.05, 4.69) is 10.6 Å². The highest BCUT2D eigenvalue weighted by atomic mass is 19.1. The van der Waals surface area contributed by atoms with Crippen molar-refractivity contribution >= 4 is 17.5 Å². The Balaban J connectivity index is 2.61. The number of hydrogen-bond acceptors (Lipinski definition) is 3. The van der Waals surface area contributed by atoms with Gasteiger partial charge >= 0.3 is 11.8 Å². The Kier molecular flexibility index (Phi) is 4.59. The molecule has 0 saturated carbocycles. The third-order valence-electron chi connectivity index (χ3n) is 2.03.